The summed E-state index contributed by atoms with van der Waals surface area (Å²) in [4.78, 5) is 2.70. The number of benzene rings is 1. The molecule has 0 atom stereocenters. The van der Waals surface area contributed by atoms with Gasteiger partial charge < -0.3 is 19.7 Å². The molecule has 1 heterocycles. The normalized spacial score (nSPS) is 11.0. The molecule has 1 aromatic carbocycles. The number of hydrogen-bond acceptors (Lipinski definition) is 3. The second-order valence-corrected chi connectivity index (χ2v) is 6.85. The van der Waals surface area contributed by atoms with Crippen LogP contribution in [-0.4, -0.2) is 33.8 Å². The molecule has 0 fully saturated rings. The van der Waals surface area contributed by atoms with Gasteiger partial charge in [0.2, 0.25) is 0 Å². The molecule has 2 aromatic rings. The molecule has 1 aromatic heterocycles. The summed E-state index contributed by atoms with van der Waals surface area (Å²) in [7, 11) is 4.36. The summed E-state index contributed by atoms with van der Waals surface area (Å²) < 4.78 is 11.7. The molecule has 0 aliphatic rings. The van der Waals surface area contributed by atoms with Crippen LogP contribution in [0.4, 0.5) is 0 Å². The molecule has 2 rings (SSSR count). The average Bonchev–Trinajstić information content (AvgIpc) is 3.04. The van der Waals surface area contributed by atoms with E-state index in [1.54, 1.807) is 11.3 Å². The highest BCUT2D eigenvalue weighted by Crippen LogP contribution is 2.29. The van der Waals surface area contributed by atoms with E-state index in [9.17, 15) is 0 Å². The van der Waals surface area contributed by atoms with Gasteiger partial charge in [-0.15, -0.1) is 11.3 Å². The first kappa shape index (κ1) is 17.8. The number of likely N-dealkylation sites (N-methyl/N-ethyl adjacent to an activating group) is 1. The third kappa shape index (κ3) is 6.22. The van der Waals surface area contributed by atoms with E-state index in [-0.39, 0.29) is 0 Å². The van der Waals surface area contributed by atoms with Gasteiger partial charge in [-0.2, -0.15) is 0 Å². The number of nitrogens with two attached hydrogens (primary N) is 1. The molecule has 0 radical (unpaired) electrons. The van der Waals surface area contributed by atoms with Crippen molar-refractivity contribution in [2.24, 2.45) is 0 Å². The van der Waals surface area contributed by atoms with Crippen LogP contribution < -0.4 is 19.7 Å². The largest absolute Gasteiger partial charge is 0.490 e. The predicted octanol–water partition coefficient (Wildman–Crippen LogP) is 0.934. The summed E-state index contributed by atoms with van der Waals surface area (Å²) in [5.74, 6) is 1.66. The number of ether oxygens (including phenoxy) is 2. The van der Waals surface area contributed by atoms with Crippen LogP contribution in [0.5, 0.6) is 11.5 Å². The quantitative estimate of drug-likeness (QED) is 0.634. The number of quaternary nitrogens is 2. The summed E-state index contributed by atoms with van der Waals surface area (Å²) in [5.41, 5.74) is 1.27. The average molecular weight is 337 g/mol. The standard InChI is InChI=1S/C18H26N2O2S/c1-4-21-18-12-15(13-19-9-10-20(2)3)7-8-17(18)22-14-16-6-5-11-23-16/h5-8,11-12,19H,4,9-10,13-14H2,1-3H3/p+2. The van der Waals surface area contributed by atoms with E-state index in [0.717, 1.165) is 24.6 Å². The molecule has 0 spiro atoms. The molecule has 0 aliphatic heterocycles. The summed E-state index contributed by atoms with van der Waals surface area (Å²) in [5, 5.41) is 4.40. The van der Waals surface area contributed by atoms with Crippen LogP contribution in [0.3, 0.4) is 0 Å². The predicted molar refractivity (Wildman–Crippen MR) is 94.4 cm³/mol. The highest BCUT2D eigenvalue weighted by atomic mass is 32.1. The summed E-state index contributed by atoms with van der Waals surface area (Å²) >= 11 is 1.71. The Labute approximate surface area is 143 Å². The molecule has 0 unspecified atom stereocenters. The third-order valence-electron chi connectivity index (χ3n) is 3.49. The van der Waals surface area contributed by atoms with Crippen molar-refractivity contribution in [1.82, 2.24) is 0 Å². The molecule has 126 valence electrons. The molecular weight excluding hydrogens is 308 g/mol. The second-order valence-electron chi connectivity index (χ2n) is 5.82. The van der Waals surface area contributed by atoms with Crippen LogP contribution in [0.15, 0.2) is 35.7 Å². The first-order valence-electron chi connectivity index (χ1n) is 8.20. The number of rotatable bonds is 10. The van der Waals surface area contributed by atoms with Gasteiger partial charge in [-0.05, 0) is 36.6 Å². The Balaban J connectivity index is 1.93. The minimum absolute atomic E-state index is 0.592. The van der Waals surface area contributed by atoms with Crippen molar-refractivity contribution >= 4 is 11.3 Å². The number of hydrogen-bond donors (Lipinski definition) is 2. The fourth-order valence-corrected chi connectivity index (χ4v) is 2.89. The van der Waals surface area contributed by atoms with Crippen molar-refractivity contribution in [3.05, 3.63) is 46.2 Å². The molecular formula is C18H28N2O2S+2. The van der Waals surface area contributed by atoms with Gasteiger partial charge >= 0.3 is 0 Å². The number of nitrogens with one attached hydrogen (secondary N) is 1. The zero-order valence-electron chi connectivity index (χ0n) is 14.3. The lowest BCUT2D eigenvalue weighted by atomic mass is 10.2. The van der Waals surface area contributed by atoms with Gasteiger partial charge in [0.05, 0.1) is 20.7 Å². The van der Waals surface area contributed by atoms with Gasteiger partial charge in [0.1, 0.15) is 26.2 Å². The zero-order chi connectivity index (χ0) is 16.5. The van der Waals surface area contributed by atoms with Crippen molar-refractivity contribution in [1.29, 1.82) is 0 Å². The van der Waals surface area contributed by atoms with E-state index in [1.807, 2.05) is 19.1 Å². The van der Waals surface area contributed by atoms with Gasteiger partial charge in [-0.25, -0.2) is 0 Å². The molecule has 0 saturated heterocycles. The topological polar surface area (TPSA) is 39.5 Å². The summed E-state index contributed by atoms with van der Waals surface area (Å²) in [6.07, 6.45) is 0. The Morgan fingerprint density at radius 2 is 2.00 bits per heavy atom. The number of thiophene rings is 1. The summed E-state index contributed by atoms with van der Waals surface area (Å²) in [6.45, 7) is 6.50. The van der Waals surface area contributed by atoms with E-state index in [2.05, 4.69) is 43.0 Å². The van der Waals surface area contributed by atoms with Crippen LogP contribution in [0.1, 0.15) is 17.4 Å². The van der Waals surface area contributed by atoms with Gasteiger partial charge in [0, 0.05) is 10.4 Å². The first-order valence-corrected chi connectivity index (χ1v) is 9.08. The molecule has 5 heteroatoms. The fraction of sp³-hybridized carbons (Fsp3) is 0.444. The van der Waals surface area contributed by atoms with Crippen molar-refractivity contribution < 1.29 is 19.7 Å². The van der Waals surface area contributed by atoms with Crippen molar-refractivity contribution in [3.63, 3.8) is 0 Å². The highest BCUT2D eigenvalue weighted by molar-refractivity contribution is 7.09. The van der Waals surface area contributed by atoms with Crippen molar-refractivity contribution in [2.45, 2.75) is 20.1 Å². The van der Waals surface area contributed by atoms with Crippen LogP contribution >= 0.6 is 11.3 Å². The minimum Gasteiger partial charge on any atom is -0.490 e. The van der Waals surface area contributed by atoms with E-state index >= 15 is 0 Å². The van der Waals surface area contributed by atoms with E-state index in [0.29, 0.717) is 13.2 Å². The lowest BCUT2D eigenvalue weighted by molar-refractivity contribution is -0.875. The van der Waals surface area contributed by atoms with Crippen molar-refractivity contribution in [2.75, 3.05) is 33.8 Å². The Kier molecular flexibility index (Phi) is 7.39. The van der Waals surface area contributed by atoms with E-state index < -0.39 is 0 Å². The summed E-state index contributed by atoms with van der Waals surface area (Å²) in [6, 6.07) is 10.4. The molecule has 0 bridgehead atoms. The second kappa shape index (κ2) is 9.55. The maximum atomic E-state index is 5.92. The highest BCUT2D eigenvalue weighted by Gasteiger charge is 2.08. The maximum absolute atomic E-state index is 5.92. The SMILES string of the molecule is CCOc1cc(C[NH2+]CC[NH+](C)C)ccc1OCc1cccs1. The van der Waals surface area contributed by atoms with Gasteiger partial charge in [0.25, 0.3) is 0 Å². The fourth-order valence-electron chi connectivity index (χ4n) is 2.27. The Morgan fingerprint density at radius 1 is 1.13 bits per heavy atom. The smallest absolute Gasteiger partial charge is 0.161 e. The van der Waals surface area contributed by atoms with Gasteiger partial charge in [-0.1, -0.05) is 6.07 Å². The lowest BCUT2D eigenvalue weighted by Crippen LogP contribution is -3.09. The molecule has 4 nitrogen and oxygen atoms in total. The molecule has 0 saturated carbocycles. The van der Waals surface area contributed by atoms with Gasteiger partial charge in [-0.3, -0.25) is 0 Å². The third-order valence-corrected chi connectivity index (χ3v) is 4.34. The molecule has 3 N–H and O–H groups in total. The Bertz CT molecular complexity index is 570. The molecule has 23 heavy (non-hydrogen) atoms. The maximum Gasteiger partial charge on any atom is 0.161 e. The minimum atomic E-state index is 0.592. The molecule has 0 aliphatic carbocycles. The van der Waals surface area contributed by atoms with Crippen LogP contribution in [0.2, 0.25) is 0 Å². The van der Waals surface area contributed by atoms with Crippen LogP contribution in [0, 0.1) is 0 Å². The molecule has 0 amide bonds. The van der Waals surface area contributed by atoms with Crippen LogP contribution in [-0.2, 0) is 13.2 Å². The van der Waals surface area contributed by atoms with Crippen LogP contribution in [0.25, 0.3) is 0 Å². The Hall–Kier alpha value is -1.56. The van der Waals surface area contributed by atoms with Crippen molar-refractivity contribution in [3.8, 4) is 11.5 Å². The zero-order valence-corrected chi connectivity index (χ0v) is 15.1. The lowest BCUT2D eigenvalue weighted by Gasteiger charge is -2.13. The monoisotopic (exact) mass is 336 g/mol. The Morgan fingerprint density at radius 3 is 2.70 bits per heavy atom. The van der Waals surface area contributed by atoms with Gasteiger partial charge in [0.15, 0.2) is 11.5 Å². The first-order chi connectivity index (χ1) is 11.2. The van der Waals surface area contributed by atoms with E-state index in [4.69, 9.17) is 9.47 Å². The van der Waals surface area contributed by atoms with E-state index in [1.165, 1.54) is 21.9 Å².